The van der Waals surface area contributed by atoms with Gasteiger partial charge in [0.05, 0.1) is 6.04 Å². The van der Waals surface area contributed by atoms with E-state index >= 15 is 0 Å². The molecule has 0 atom stereocenters. The zero-order valence-corrected chi connectivity index (χ0v) is 11.4. The molecule has 3 nitrogen and oxygen atoms in total. The van der Waals surface area contributed by atoms with Crippen LogP contribution in [0.2, 0.25) is 0 Å². The van der Waals surface area contributed by atoms with Crippen LogP contribution in [0, 0.1) is 5.41 Å². The van der Waals surface area contributed by atoms with Crippen LogP contribution in [0.1, 0.15) is 60.3 Å². The fourth-order valence-electron chi connectivity index (χ4n) is 2.13. The first-order chi connectivity index (χ1) is 7.18. The van der Waals surface area contributed by atoms with Crippen molar-refractivity contribution in [2.24, 2.45) is 16.1 Å². The number of nitrogens with one attached hydrogen (secondary N) is 1. The van der Waals surface area contributed by atoms with Crippen molar-refractivity contribution in [1.82, 2.24) is 5.32 Å². The summed E-state index contributed by atoms with van der Waals surface area (Å²) in [4.78, 5) is 4.57. The number of rotatable bonds is 1. The smallest absolute Gasteiger partial charge is 0.189 e. The first-order valence-corrected chi connectivity index (χ1v) is 6.29. The van der Waals surface area contributed by atoms with Gasteiger partial charge in [0.1, 0.15) is 0 Å². The van der Waals surface area contributed by atoms with E-state index in [0.29, 0.717) is 17.4 Å². The number of aliphatic imine (C=N–C) groups is 1. The van der Waals surface area contributed by atoms with Crippen LogP contribution in [0.25, 0.3) is 0 Å². The van der Waals surface area contributed by atoms with Crippen molar-refractivity contribution in [3.63, 3.8) is 0 Å². The fourth-order valence-corrected chi connectivity index (χ4v) is 2.13. The SMILES string of the molecule is CC1(C)CCC(N=C(N)NC(C)(C)C)CC1. The minimum Gasteiger partial charge on any atom is -0.370 e. The van der Waals surface area contributed by atoms with Gasteiger partial charge in [-0.15, -0.1) is 0 Å². The van der Waals surface area contributed by atoms with Crippen LogP contribution in [0.3, 0.4) is 0 Å². The third-order valence-corrected chi connectivity index (χ3v) is 3.13. The van der Waals surface area contributed by atoms with Crippen molar-refractivity contribution in [3.05, 3.63) is 0 Å². The Morgan fingerprint density at radius 3 is 2.19 bits per heavy atom. The second-order valence-electron chi connectivity index (χ2n) is 6.78. The molecule has 16 heavy (non-hydrogen) atoms. The Morgan fingerprint density at radius 2 is 1.75 bits per heavy atom. The molecule has 94 valence electrons. The van der Waals surface area contributed by atoms with Crippen LogP contribution in [0.5, 0.6) is 0 Å². The second kappa shape index (κ2) is 4.64. The number of nitrogens with zero attached hydrogens (tertiary/aromatic N) is 1. The van der Waals surface area contributed by atoms with E-state index in [1.165, 1.54) is 25.7 Å². The van der Waals surface area contributed by atoms with Crippen LogP contribution in [-0.2, 0) is 0 Å². The summed E-state index contributed by atoms with van der Waals surface area (Å²) in [6, 6.07) is 0.419. The van der Waals surface area contributed by atoms with E-state index in [9.17, 15) is 0 Å². The van der Waals surface area contributed by atoms with Gasteiger partial charge in [0.2, 0.25) is 0 Å². The molecule has 0 amide bonds. The summed E-state index contributed by atoms with van der Waals surface area (Å²) >= 11 is 0. The van der Waals surface area contributed by atoms with E-state index in [2.05, 4.69) is 44.9 Å². The van der Waals surface area contributed by atoms with Gasteiger partial charge in [0.15, 0.2) is 5.96 Å². The van der Waals surface area contributed by atoms with Gasteiger partial charge in [-0.3, -0.25) is 4.99 Å². The van der Waals surface area contributed by atoms with E-state index in [1.54, 1.807) is 0 Å². The number of nitrogens with two attached hydrogens (primary N) is 1. The van der Waals surface area contributed by atoms with E-state index in [1.807, 2.05) is 0 Å². The Morgan fingerprint density at radius 1 is 1.25 bits per heavy atom. The quantitative estimate of drug-likeness (QED) is 0.532. The lowest BCUT2D eigenvalue weighted by Gasteiger charge is -2.33. The second-order valence-corrected chi connectivity index (χ2v) is 6.78. The maximum atomic E-state index is 5.90. The van der Waals surface area contributed by atoms with E-state index in [0.717, 1.165) is 0 Å². The van der Waals surface area contributed by atoms with Gasteiger partial charge in [-0.05, 0) is 51.9 Å². The number of guanidine groups is 1. The zero-order valence-electron chi connectivity index (χ0n) is 11.4. The molecule has 0 bridgehead atoms. The Labute approximate surface area is 99.9 Å². The number of hydrogen-bond donors (Lipinski definition) is 2. The van der Waals surface area contributed by atoms with Gasteiger partial charge < -0.3 is 11.1 Å². The Bertz CT molecular complexity index is 251. The molecule has 1 saturated carbocycles. The molecule has 1 aliphatic carbocycles. The molecule has 1 fully saturated rings. The van der Waals surface area contributed by atoms with E-state index in [4.69, 9.17) is 5.73 Å². The molecule has 0 heterocycles. The van der Waals surface area contributed by atoms with Crippen LogP contribution in [0.15, 0.2) is 4.99 Å². The molecular weight excluding hydrogens is 198 g/mol. The van der Waals surface area contributed by atoms with Crippen molar-refractivity contribution in [3.8, 4) is 0 Å². The highest BCUT2D eigenvalue weighted by molar-refractivity contribution is 5.78. The summed E-state index contributed by atoms with van der Waals surface area (Å²) in [5.41, 5.74) is 6.40. The summed E-state index contributed by atoms with van der Waals surface area (Å²) < 4.78 is 0. The molecule has 0 radical (unpaired) electrons. The average molecular weight is 225 g/mol. The van der Waals surface area contributed by atoms with Gasteiger partial charge >= 0.3 is 0 Å². The molecule has 0 aromatic heterocycles. The molecule has 0 saturated heterocycles. The molecule has 1 aliphatic rings. The third-order valence-electron chi connectivity index (χ3n) is 3.13. The lowest BCUT2D eigenvalue weighted by Crippen LogP contribution is -2.45. The first kappa shape index (κ1) is 13.3. The van der Waals surface area contributed by atoms with Crippen molar-refractivity contribution in [1.29, 1.82) is 0 Å². The van der Waals surface area contributed by atoms with Gasteiger partial charge in [-0.25, -0.2) is 0 Å². The van der Waals surface area contributed by atoms with Crippen molar-refractivity contribution in [2.75, 3.05) is 0 Å². The van der Waals surface area contributed by atoms with Crippen LogP contribution < -0.4 is 11.1 Å². The van der Waals surface area contributed by atoms with Gasteiger partial charge in [-0.2, -0.15) is 0 Å². The van der Waals surface area contributed by atoms with Crippen LogP contribution in [0.4, 0.5) is 0 Å². The summed E-state index contributed by atoms with van der Waals surface area (Å²) in [5, 5.41) is 3.21. The Balaban J connectivity index is 2.46. The molecule has 0 unspecified atom stereocenters. The first-order valence-electron chi connectivity index (χ1n) is 6.29. The monoisotopic (exact) mass is 225 g/mol. The maximum Gasteiger partial charge on any atom is 0.189 e. The largest absolute Gasteiger partial charge is 0.370 e. The highest BCUT2D eigenvalue weighted by Crippen LogP contribution is 2.36. The molecule has 0 aliphatic heterocycles. The standard InChI is InChI=1S/C13H27N3/c1-12(2,3)16-11(14)15-10-6-8-13(4,5)9-7-10/h10H,6-9H2,1-5H3,(H3,14,15,16). The van der Waals surface area contributed by atoms with E-state index < -0.39 is 0 Å². The van der Waals surface area contributed by atoms with Crippen molar-refractivity contribution < 1.29 is 0 Å². The third kappa shape index (κ3) is 4.86. The molecule has 3 heteroatoms. The van der Waals surface area contributed by atoms with Gasteiger partial charge in [0, 0.05) is 5.54 Å². The molecule has 0 aromatic rings. The Hall–Kier alpha value is -0.730. The summed E-state index contributed by atoms with van der Waals surface area (Å²) in [7, 11) is 0. The van der Waals surface area contributed by atoms with Crippen molar-refractivity contribution >= 4 is 5.96 Å². The topological polar surface area (TPSA) is 50.4 Å². The fraction of sp³-hybridized carbons (Fsp3) is 0.923. The van der Waals surface area contributed by atoms with Crippen molar-refractivity contribution in [2.45, 2.75) is 71.9 Å². The van der Waals surface area contributed by atoms with Gasteiger partial charge in [-0.1, -0.05) is 13.8 Å². The van der Waals surface area contributed by atoms with Gasteiger partial charge in [0.25, 0.3) is 0 Å². The lowest BCUT2D eigenvalue weighted by molar-refractivity contribution is 0.226. The lowest BCUT2D eigenvalue weighted by atomic mass is 9.76. The predicted octanol–water partition coefficient (Wildman–Crippen LogP) is 2.66. The predicted molar refractivity (Wildman–Crippen MR) is 70.5 cm³/mol. The minimum absolute atomic E-state index is 0.00151. The molecular formula is C13H27N3. The maximum absolute atomic E-state index is 5.90. The van der Waals surface area contributed by atoms with Crippen LogP contribution >= 0.6 is 0 Å². The highest BCUT2D eigenvalue weighted by Gasteiger charge is 2.26. The summed E-state index contributed by atoms with van der Waals surface area (Å²) in [6.45, 7) is 11.0. The Kier molecular flexibility index (Phi) is 3.87. The zero-order chi connectivity index (χ0) is 12.4. The minimum atomic E-state index is 0.00151. The van der Waals surface area contributed by atoms with E-state index in [-0.39, 0.29) is 5.54 Å². The highest BCUT2D eigenvalue weighted by atomic mass is 15.1. The summed E-state index contributed by atoms with van der Waals surface area (Å²) in [6.07, 6.45) is 4.84. The van der Waals surface area contributed by atoms with Crippen LogP contribution in [-0.4, -0.2) is 17.5 Å². The molecule has 1 rings (SSSR count). The average Bonchev–Trinajstić information content (AvgIpc) is 2.05. The summed E-state index contributed by atoms with van der Waals surface area (Å²) in [5.74, 6) is 0.595. The molecule has 3 N–H and O–H groups in total. The normalized spacial score (nSPS) is 23.2. The molecule has 0 spiro atoms. The molecule has 0 aromatic carbocycles. The number of hydrogen-bond acceptors (Lipinski definition) is 1.